The first-order valence-electron chi connectivity index (χ1n) is 5.23. The lowest BCUT2D eigenvalue weighted by atomic mass is 10.1. The Labute approximate surface area is 95.3 Å². The first kappa shape index (κ1) is 12.4. The second kappa shape index (κ2) is 5.39. The molecule has 2 N–H and O–H groups in total. The van der Waals surface area contributed by atoms with E-state index in [9.17, 15) is 4.79 Å². The number of amides is 2. The molecule has 0 radical (unpaired) electrons. The second-order valence-electron chi connectivity index (χ2n) is 3.97. The molecule has 86 valence electrons. The largest absolute Gasteiger partial charge is 0.385 e. The smallest absolute Gasteiger partial charge is 0.346 e. The summed E-state index contributed by atoms with van der Waals surface area (Å²) in [5, 5.41) is 0. The van der Waals surface area contributed by atoms with E-state index in [1.807, 2.05) is 25.6 Å². The summed E-state index contributed by atoms with van der Waals surface area (Å²) in [6.07, 6.45) is 4.07. The van der Waals surface area contributed by atoms with Crippen molar-refractivity contribution in [2.45, 2.75) is 38.8 Å². The summed E-state index contributed by atoms with van der Waals surface area (Å²) in [5.74, 6) is 1.58. The highest BCUT2D eigenvalue weighted by atomic mass is 32.2. The minimum atomic E-state index is -0.184. The van der Waals surface area contributed by atoms with Crippen molar-refractivity contribution in [2.75, 3.05) is 12.0 Å². The Kier molecular flexibility index (Phi) is 4.45. The van der Waals surface area contributed by atoms with E-state index in [-0.39, 0.29) is 18.1 Å². The molecule has 15 heavy (non-hydrogen) atoms. The number of rotatable bonds is 5. The summed E-state index contributed by atoms with van der Waals surface area (Å²) in [6.45, 7) is 3.99. The summed E-state index contributed by atoms with van der Waals surface area (Å²) < 4.78 is 0. The van der Waals surface area contributed by atoms with Gasteiger partial charge in [-0.3, -0.25) is 0 Å². The number of carbonyl (C=O) groups excluding carboxylic acids is 1. The van der Waals surface area contributed by atoms with Crippen LogP contribution in [0, 0.1) is 0 Å². The molecule has 0 fully saturated rings. The summed E-state index contributed by atoms with van der Waals surface area (Å²) in [4.78, 5) is 17.1. The molecule has 0 aromatic rings. The predicted molar refractivity (Wildman–Crippen MR) is 65.4 cm³/mol. The lowest BCUT2D eigenvalue weighted by Crippen LogP contribution is -2.44. The fourth-order valence-corrected chi connectivity index (χ4v) is 2.26. The third kappa shape index (κ3) is 2.87. The SMILES string of the molecule is CSCCCC1C(N)=NC(=O)N1C(C)C. The van der Waals surface area contributed by atoms with Gasteiger partial charge in [-0.05, 0) is 38.7 Å². The molecule has 0 aromatic carbocycles. The van der Waals surface area contributed by atoms with Gasteiger partial charge in [0.25, 0.3) is 0 Å². The maximum Gasteiger partial charge on any atom is 0.346 e. The number of carbonyl (C=O) groups is 1. The van der Waals surface area contributed by atoms with E-state index in [1.165, 1.54) is 0 Å². The fraction of sp³-hybridized carbons (Fsp3) is 0.800. The Morgan fingerprint density at radius 2 is 2.27 bits per heavy atom. The first-order chi connectivity index (χ1) is 7.07. The van der Waals surface area contributed by atoms with Gasteiger partial charge in [0.15, 0.2) is 0 Å². The monoisotopic (exact) mass is 229 g/mol. The maximum atomic E-state index is 11.5. The number of amidine groups is 1. The molecule has 1 heterocycles. The summed E-state index contributed by atoms with van der Waals surface area (Å²) in [6, 6.07) is 0.00267. The van der Waals surface area contributed by atoms with Crippen molar-refractivity contribution in [3.63, 3.8) is 0 Å². The van der Waals surface area contributed by atoms with Crippen molar-refractivity contribution in [1.82, 2.24) is 4.90 Å². The lowest BCUT2D eigenvalue weighted by Gasteiger charge is -2.27. The van der Waals surface area contributed by atoms with Crippen molar-refractivity contribution in [3.8, 4) is 0 Å². The number of nitrogens with zero attached hydrogens (tertiary/aromatic N) is 2. The second-order valence-corrected chi connectivity index (χ2v) is 4.96. The van der Waals surface area contributed by atoms with Gasteiger partial charge in [-0.1, -0.05) is 0 Å². The average Bonchev–Trinajstić information content (AvgIpc) is 2.42. The molecule has 5 heteroatoms. The van der Waals surface area contributed by atoms with Crippen LogP contribution in [0.2, 0.25) is 0 Å². The van der Waals surface area contributed by atoms with Gasteiger partial charge in [-0.25, -0.2) is 4.79 Å². The molecule has 0 spiro atoms. The Bertz CT molecular complexity index is 265. The van der Waals surface area contributed by atoms with Crippen LogP contribution in [0.15, 0.2) is 4.99 Å². The maximum absolute atomic E-state index is 11.5. The van der Waals surface area contributed by atoms with Crippen LogP contribution in [0.3, 0.4) is 0 Å². The lowest BCUT2D eigenvalue weighted by molar-refractivity contribution is 0.187. The van der Waals surface area contributed by atoms with Crippen LogP contribution in [-0.2, 0) is 0 Å². The van der Waals surface area contributed by atoms with Crippen LogP contribution >= 0.6 is 11.8 Å². The zero-order valence-electron chi connectivity index (χ0n) is 9.56. The van der Waals surface area contributed by atoms with Crippen molar-refractivity contribution >= 4 is 23.6 Å². The van der Waals surface area contributed by atoms with Crippen molar-refractivity contribution < 1.29 is 4.79 Å². The number of hydrogen-bond donors (Lipinski definition) is 1. The molecule has 1 aliphatic rings. The van der Waals surface area contributed by atoms with Gasteiger partial charge in [-0.2, -0.15) is 16.8 Å². The predicted octanol–water partition coefficient (Wildman–Crippen LogP) is 1.70. The minimum Gasteiger partial charge on any atom is -0.385 e. The van der Waals surface area contributed by atoms with Crippen LogP contribution < -0.4 is 5.73 Å². The Morgan fingerprint density at radius 1 is 1.60 bits per heavy atom. The van der Waals surface area contributed by atoms with Crippen LogP contribution in [0.25, 0.3) is 0 Å². The van der Waals surface area contributed by atoms with E-state index < -0.39 is 0 Å². The number of thioether (sulfide) groups is 1. The molecule has 1 aliphatic heterocycles. The normalized spacial score (nSPS) is 21.3. The molecule has 1 atom stereocenters. The zero-order chi connectivity index (χ0) is 11.4. The van der Waals surface area contributed by atoms with Gasteiger partial charge in [0.05, 0.1) is 6.04 Å². The van der Waals surface area contributed by atoms with Gasteiger partial charge in [-0.15, -0.1) is 0 Å². The zero-order valence-corrected chi connectivity index (χ0v) is 10.4. The summed E-state index contributed by atoms with van der Waals surface area (Å²) in [5.41, 5.74) is 5.76. The molecule has 0 saturated heterocycles. The summed E-state index contributed by atoms with van der Waals surface area (Å²) in [7, 11) is 0. The quantitative estimate of drug-likeness (QED) is 0.730. The van der Waals surface area contributed by atoms with Crippen LogP contribution in [0.4, 0.5) is 4.79 Å². The minimum absolute atomic E-state index is 0.0182. The summed E-state index contributed by atoms with van der Waals surface area (Å²) >= 11 is 1.81. The average molecular weight is 229 g/mol. The van der Waals surface area contributed by atoms with E-state index in [4.69, 9.17) is 5.73 Å². The molecule has 2 amide bonds. The van der Waals surface area contributed by atoms with Crippen LogP contribution in [0.5, 0.6) is 0 Å². The van der Waals surface area contributed by atoms with E-state index in [1.54, 1.807) is 4.90 Å². The highest BCUT2D eigenvalue weighted by molar-refractivity contribution is 7.98. The highest BCUT2D eigenvalue weighted by Crippen LogP contribution is 2.19. The van der Waals surface area contributed by atoms with Gasteiger partial charge >= 0.3 is 6.03 Å². The first-order valence-corrected chi connectivity index (χ1v) is 6.62. The Morgan fingerprint density at radius 3 is 2.80 bits per heavy atom. The number of urea groups is 1. The van der Waals surface area contributed by atoms with Gasteiger partial charge < -0.3 is 10.6 Å². The highest BCUT2D eigenvalue weighted by Gasteiger charge is 2.34. The number of nitrogens with two attached hydrogens (primary N) is 1. The third-order valence-electron chi connectivity index (χ3n) is 2.51. The molecular weight excluding hydrogens is 210 g/mol. The van der Waals surface area contributed by atoms with E-state index in [0.29, 0.717) is 5.84 Å². The standard InChI is InChI=1S/C10H19N3OS/c1-7(2)13-8(5-4-6-15-3)9(11)12-10(13)14/h7-8H,4-6H2,1-3H3,(H2,11,12,14). The molecular formula is C10H19N3OS. The Hall–Kier alpha value is -0.710. The third-order valence-corrected chi connectivity index (χ3v) is 3.20. The fourth-order valence-electron chi connectivity index (χ4n) is 1.81. The van der Waals surface area contributed by atoms with E-state index in [2.05, 4.69) is 11.2 Å². The molecule has 0 bridgehead atoms. The van der Waals surface area contributed by atoms with Crippen LogP contribution in [-0.4, -0.2) is 40.9 Å². The Balaban J connectivity index is 2.59. The molecule has 0 aromatic heterocycles. The molecule has 1 rings (SSSR count). The van der Waals surface area contributed by atoms with Gasteiger partial charge in [0.1, 0.15) is 5.84 Å². The van der Waals surface area contributed by atoms with Crippen LogP contribution in [0.1, 0.15) is 26.7 Å². The molecule has 1 unspecified atom stereocenters. The van der Waals surface area contributed by atoms with Crippen molar-refractivity contribution in [1.29, 1.82) is 0 Å². The van der Waals surface area contributed by atoms with Gasteiger partial charge in [0.2, 0.25) is 0 Å². The van der Waals surface area contributed by atoms with Crippen molar-refractivity contribution in [2.24, 2.45) is 10.7 Å². The van der Waals surface area contributed by atoms with E-state index in [0.717, 1.165) is 18.6 Å². The topological polar surface area (TPSA) is 58.7 Å². The van der Waals surface area contributed by atoms with Gasteiger partial charge in [0, 0.05) is 6.04 Å². The molecule has 0 saturated carbocycles. The van der Waals surface area contributed by atoms with E-state index >= 15 is 0 Å². The number of aliphatic imine (C=N–C) groups is 1. The molecule has 4 nitrogen and oxygen atoms in total. The number of hydrogen-bond acceptors (Lipinski definition) is 3. The molecule has 0 aliphatic carbocycles. The van der Waals surface area contributed by atoms with Crippen molar-refractivity contribution in [3.05, 3.63) is 0 Å².